The van der Waals surface area contributed by atoms with Gasteiger partial charge in [-0.3, -0.25) is 0 Å². The summed E-state index contributed by atoms with van der Waals surface area (Å²) in [6.45, 7) is 2.19. The van der Waals surface area contributed by atoms with Crippen molar-refractivity contribution in [2.75, 3.05) is 0 Å². The summed E-state index contributed by atoms with van der Waals surface area (Å²) in [5, 5.41) is 8.27. The first kappa shape index (κ1) is 10.4. The lowest BCUT2D eigenvalue weighted by Crippen LogP contribution is -1.84. The minimum atomic E-state index is 0.909. The molecule has 1 heteroatoms. The van der Waals surface area contributed by atoms with Crippen LogP contribution in [-0.4, -0.2) is 0 Å². The van der Waals surface area contributed by atoms with Crippen molar-refractivity contribution in [3.8, 4) is 17.9 Å². The molecule has 0 saturated carbocycles. The summed E-state index contributed by atoms with van der Waals surface area (Å²) >= 11 is 0. The van der Waals surface area contributed by atoms with Crippen molar-refractivity contribution in [3.63, 3.8) is 0 Å². The Bertz CT molecular complexity index is 370. The van der Waals surface area contributed by atoms with Crippen molar-refractivity contribution in [2.45, 2.75) is 26.2 Å². The van der Waals surface area contributed by atoms with E-state index < -0.39 is 0 Å². The van der Waals surface area contributed by atoms with Gasteiger partial charge in [-0.1, -0.05) is 31.4 Å². The fraction of sp³-hybridized carbons (Fsp3) is 0.308. The second-order valence-electron chi connectivity index (χ2n) is 3.16. The zero-order chi connectivity index (χ0) is 10.2. The average Bonchev–Trinajstić information content (AvgIpc) is 2.25. The van der Waals surface area contributed by atoms with E-state index in [-0.39, 0.29) is 0 Å². The van der Waals surface area contributed by atoms with Crippen LogP contribution in [0.4, 0.5) is 0 Å². The van der Waals surface area contributed by atoms with Crippen molar-refractivity contribution in [1.29, 1.82) is 5.26 Å². The van der Waals surface area contributed by atoms with Gasteiger partial charge in [0.1, 0.15) is 0 Å². The summed E-state index contributed by atoms with van der Waals surface area (Å²) in [6.07, 6.45) is 3.57. The fourth-order valence-electron chi connectivity index (χ4n) is 1.24. The molecule has 0 fully saturated rings. The van der Waals surface area contributed by atoms with Gasteiger partial charge in [-0.25, -0.2) is 0 Å². The van der Waals surface area contributed by atoms with Gasteiger partial charge in [-0.2, -0.15) is 5.26 Å². The van der Waals surface area contributed by atoms with E-state index in [1.165, 1.54) is 18.4 Å². The molecule has 1 nitrogen and oxygen atoms in total. The number of benzene rings is 1. The Labute approximate surface area is 85.4 Å². The number of aryl methyl sites for hydroxylation is 1. The third-order valence-corrected chi connectivity index (χ3v) is 2.04. The summed E-state index contributed by atoms with van der Waals surface area (Å²) in [4.78, 5) is 0. The molecule has 1 aromatic carbocycles. The lowest BCUT2D eigenvalue weighted by atomic mass is 10.1. The molecule has 0 aromatic heterocycles. The summed E-state index contributed by atoms with van der Waals surface area (Å²) in [5.41, 5.74) is 2.25. The summed E-state index contributed by atoms with van der Waals surface area (Å²) in [7, 11) is 0. The van der Waals surface area contributed by atoms with Crippen LogP contribution in [0.25, 0.3) is 0 Å². The van der Waals surface area contributed by atoms with E-state index >= 15 is 0 Å². The molecule has 0 heterocycles. The molecule has 14 heavy (non-hydrogen) atoms. The monoisotopic (exact) mass is 183 g/mol. The van der Waals surface area contributed by atoms with Gasteiger partial charge in [0.15, 0.2) is 6.07 Å². The highest BCUT2D eigenvalue weighted by Gasteiger charge is 1.91. The van der Waals surface area contributed by atoms with Crippen molar-refractivity contribution >= 4 is 0 Å². The molecule has 0 spiro atoms. The molecule has 1 aromatic rings. The number of hydrogen-bond donors (Lipinski definition) is 0. The molecular weight excluding hydrogens is 170 g/mol. The van der Waals surface area contributed by atoms with Crippen molar-refractivity contribution in [1.82, 2.24) is 0 Å². The smallest absolute Gasteiger partial charge is 0.152 e. The highest BCUT2D eigenvalue weighted by molar-refractivity contribution is 5.39. The molecule has 70 valence electrons. The molecule has 0 aliphatic rings. The Hall–Kier alpha value is -1.73. The van der Waals surface area contributed by atoms with Crippen LogP contribution in [-0.2, 0) is 6.42 Å². The van der Waals surface area contributed by atoms with E-state index in [1.54, 1.807) is 6.07 Å². The van der Waals surface area contributed by atoms with Crippen LogP contribution in [0, 0.1) is 23.2 Å². The first-order chi connectivity index (χ1) is 6.86. The molecule has 0 saturated heterocycles. The van der Waals surface area contributed by atoms with Crippen LogP contribution in [0.3, 0.4) is 0 Å². The number of unbranched alkanes of at least 4 members (excludes halogenated alkanes) is 1. The van der Waals surface area contributed by atoms with Crippen LogP contribution >= 0.6 is 0 Å². The molecular formula is C13H13N. The van der Waals surface area contributed by atoms with Gasteiger partial charge >= 0.3 is 0 Å². The van der Waals surface area contributed by atoms with Crippen LogP contribution < -0.4 is 0 Å². The minimum Gasteiger partial charge on any atom is -0.183 e. The van der Waals surface area contributed by atoms with Crippen LogP contribution in [0.2, 0.25) is 0 Å². The largest absolute Gasteiger partial charge is 0.183 e. The second-order valence-corrected chi connectivity index (χ2v) is 3.16. The normalized spacial score (nSPS) is 8.57. The molecule has 0 atom stereocenters. The highest BCUT2D eigenvalue weighted by Crippen LogP contribution is 2.06. The highest BCUT2D eigenvalue weighted by atomic mass is 14.2. The Morgan fingerprint density at radius 3 is 2.50 bits per heavy atom. The maximum absolute atomic E-state index is 8.27. The number of nitriles is 1. The van der Waals surface area contributed by atoms with E-state index in [4.69, 9.17) is 5.26 Å². The summed E-state index contributed by atoms with van der Waals surface area (Å²) in [5.74, 6) is 5.15. The molecule has 0 radical (unpaired) electrons. The Balaban J connectivity index is 2.65. The molecule has 0 bridgehead atoms. The van der Waals surface area contributed by atoms with E-state index in [9.17, 15) is 0 Å². The topological polar surface area (TPSA) is 23.8 Å². The van der Waals surface area contributed by atoms with Crippen LogP contribution in [0.5, 0.6) is 0 Å². The third-order valence-electron chi connectivity index (χ3n) is 2.04. The van der Waals surface area contributed by atoms with Crippen molar-refractivity contribution in [2.24, 2.45) is 0 Å². The molecule has 0 amide bonds. The van der Waals surface area contributed by atoms with Crippen LogP contribution in [0.15, 0.2) is 24.3 Å². The summed E-state index contributed by atoms with van der Waals surface area (Å²) in [6, 6.07) is 9.90. The van der Waals surface area contributed by atoms with Crippen molar-refractivity contribution < 1.29 is 0 Å². The molecule has 0 aliphatic heterocycles. The quantitative estimate of drug-likeness (QED) is 0.661. The Kier molecular flexibility index (Phi) is 4.32. The predicted octanol–water partition coefficient (Wildman–Crippen LogP) is 2.90. The van der Waals surface area contributed by atoms with E-state index in [2.05, 4.69) is 30.9 Å². The first-order valence-corrected chi connectivity index (χ1v) is 4.86. The number of rotatable bonds is 3. The fourth-order valence-corrected chi connectivity index (χ4v) is 1.24. The average molecular weight is 183 g/mol. The van der Waals surface area contributed by atoms with Gasteiger partial charge in [0.05, 0.1) is 0 Å². The van der Waals surface area contributed by atoms with Gasteiger partial charge < -0.3 is 0 Å². The Morgan fingerprint density at radius 2 is 1.93 bits per heavy atom. The third kappa shape index (κ3) is 3.33. The van der Waals surface area contributed by atoms with Crippen molar-refractivity contribution in [3.05, 3.63) is 35.4 Å². The second kappa shape index (κ2) is 5.84. The lowest BCUT2D eigenvalue weighted by Gasteiger charge is -1.98. The van der Waals surface area contributed by atoms with Crippen LogP contribution in [0.1, 0.15) is 30.9 Å². The van der Waals surface area contributed by atoms with Gasteiger partial charge in [0, 0.05) is 11.5 Å². The molecule has 1 rings (SSSR count). The van der Waals surface area contributed by atoms with Gasteiger partial charge in [0.25, 0.3) is 0 Å². The van der Waals surface area contributed by atoms with Gasteiger partial charge in [0.2, 0.25) is 0 Å². The lowest BCUT2D eigenvalue weighted by molar-refractivity contribution is 0.795. The minimum absolute atomic E-state index is 0.909. The van der Waals surface area contributed by atoms with Gasteiger partial charge in [-0.15, -0.1) is 0 Å². The molecule has 0 unspecified atom stereocenters. The predicted molar refractivity (Wildman–Crippen MR) is 57.5 cm³/mol. The summed E-state index contributed by atoms with van der Waals surface area (Å²) < 4.78 is 0. The standard InChI is InChI=1S/C13H13N/c1-2-3-5-12-7-9-13(10-8-12)6-4-11-14/h7-10H,2-3,5H2,1H3. The van der Waals surface area contributed by atoms with E-state index in [0.717, 1.165) is 12.0 Å². The number of nitrogens with zero attached hydrogens (tertiary/aromatic N) is 1. The maximum Gasteiger partial charge on any atom is 0.152 e. The molecule has 0 aliphatic carbocycles. The zero-order valence-electron chi connectivity index (χ0n) is 8.38. The molecule has 0 N–H and O–H groups in total. The number of hydrogen-bond acceptors (Lipinski definition) is 1. The van der Waals surface area contributed by atoms with E-state index in [1.807, 2.05) is 12.1 Å². The Morgan fingerprint density at radius 1 is 1.21 bits per heavy atom. The SMILES string of the molecule is CCCCc1ccc(C#CC#N)cc1. The first-order valence-electron chi connectivity index (χ1n) is 4.86. The maximum atomic E-state index is 8.27. The zero-order valence-corrected chi connectivity index (χ0v) is 8.38. The van der Waals surface area contributed by atoms with Gasteiger partial charge in [-0.05, 0) is 30.5 Å². The van der Waals surface area contributed by atoms with E-state index in [0.29, 0.717) is 0 Å².